The molecule has 0 heterocycles. The number of rotatable bonds is 8. The first-order valence-corrected chi connectivity index (χ1v) is 11.8. The number of halogens is 1. The molecule has 9 heteroatoms. The van der Waals surface area contributed by atoms with E-state index in [4.69, 9.17) is 0 Å². The van der Waals surface area contributed by atoms with Crippen LogP contribution in [-0.4, -0.2) is 52.7 Å². The van der Waals surface area contributed by atoms with Gasteiger partial charge in [0.1, 0.15) is 0 Å². The Balaban J connectivity index is 0.00000420. The normalized spacial score (nSPS) is 15.3. The quantitative estimate of drug-likeness (QED) is 0.269. The van der Waals surface area contributed by atoms with Crippen LogP contribution in [0.2, 0.25) is 0 Å². The lowest BCUT2D eigenvalue weighted by molar-refractivity contribution is -0.121. The van der Waals surface area contributed by atoms with Gasteiger partial charge in [-0.3, -0.25) is 9.79 Å². The summed E-state index contributed by atoms with van der Waals surface area (Å²) in [6.07, 6.45) is 8.23. The Kier molecular flexibility index (Phi) is 11.6. The molecule has 1 aromatic rings. The molecule has 29 heavy (non-hydrogen) atoms. The molecule has 1 fully saturated rings. The number of amides is 1. The van der Waals surface area contributed by atoms with Gasteiger partial charge in [0.25, 0.3) is 0 Å². The fourth-order valence-electron chi connectivity index (χ4n) is 3.29. The molecular weight excluding hydrogens is 503 g/mol. The van der Waals surface area contributed by atoms with Crippen molar-refractivity contribution < 1.29 is 13.2 Å². The van der Waals surface area contributed by atoms with Crippen LogP contribution in [0.15, 0.2) is 34.2 Å². The highest BCUT2D eigenvalue weighted by molar-refractivity contribution is 14.0. The van der Waals surface area contributed by atoms with Gasteiger partial charge in [0.2, 0.25) is 5.91 Å². The summed E-state index contributed by atoms with van der Waals surface area (Å²) in [5.41, 5.74) is 1.04. The monoisotopic (exact) mass is 536 g/mol. The third kappa shape index (κ3) is 9.79. The number of guanidine groups is 1. The van der Waals surface area contributed by atoms with Crippen molar-refractivity contribution in [3.63, 3.8) is 0 Å². The predicted molar refractivity (Wildman–Crippen MR) is 128 cm³/mol. The number of benzene rings is 1. The third-order valence-electron chi connectivity index (χ3n) is 4.90. The SMILES string of the molecule is CN=C(NCCC(=O)NC1CCCCC1)NCCc1ccc(S(C)(=O)=O)cc1.I. The van der Waals surface area contributed by atoms with E-state index in [2.05, 4.69) is 20.9 Å². The number of carbonyl (C=O) groups excluding carboxylic acids is 1. The van der Waals surface area contributed by atoms with E-state index in [0.29, 0.717) is 36.4 Å². The van der Waals surface area contributed by atoms with Crippen LogP contribution in [0.25, 0.3) is 0 Å². The molecule has 0 radical (unpaired) electrons. The molecule has 0 atom stereocenters. The van der Waals surface area contributed by atoms with Crippen LogP contribution >= 0.6 is 24.0 Å². The minimum absolute atomic E-state index is 0. The number of carbonyl (C=O) groups is 1. The molecular formula is C20H33IN4O3S. The van der Waals surface area contributed by atoms with Crippen molar-refractivity contribution in [3.05, 3.63) is 29.8 Å². The Hall–Kier alpha value is -1.36. The number of nitrogens with zero attached hydrogens (tertiary/aromatic N) is 1. The van der Waals surface area contributed by atoms with Crippen LogP contribution in [0.4, 0.5) is 0 Å². The molecule has 0 saturated heterocycles. The first kappa shape index (κ1) is 25.7. The number of sulfone groups is 1. The molecule has 164 valence electrons. The highest BCUT2D eigenvalue weighted by Crippen LogP contribution is 2.17. The van der Waals surface area contributed by atoms with Crippen LogP contribution < -0.4 is 16.0 Å². The largest absolute Gasteiger partial charge is 0.356 e. The van der Waals surface area contributed by atoms with Gasteiger partial charge >= 0.3 is 0 Å². The van der Waals surface area contributed by atoms with Gasteiger partial charge in [0.05, 0.1) is 4.90 Å². The van der Waals surface area contributed by atoms with Gasteiger partial charge in [-0.15, -0.1) is 24.0 Å². The maximum Gasteiger partial charge on any atom is 0.221 e. The molecule has 3 N–H and O–H groups in total. The van der Waals surface area contributed by atoms with E-state index in [9.17, 15) is 13.2 Å². The van der Waals surface area contributed by atoms with E-state index in [-0.39, 0.29) is 29.9 Å². The van der Waals surface area contributed by atoms with Gasteiger partial charge in [-0.25, -0.2) is 8.42 Å². The van der Waals surface area contributed by atoms with Crippen molar-refractivity contribution in [2.24, 2.45) is 4.99 Å². The zero-order valence-electron chi connectivity index (χ0n) is 17.2. The zero-order chi connectivity index (χ0) is 20.4. The molecule has 0 unspecified atom stereocenters. The predicted octanol–water partition coefficient (Wildman–Crippen LogP) is 2.25. The second-order valence-corrected chi connectivity index (χ2v) is 9.26. The first-order valence-electron chi connectivity index (χ1n) is 9.91. The maximum absolute atomic E-state index is 12.0. The molecule has 1 aromatic carbocycles. The number of nitrogens with one attached hydrogen (secondary N) is 3. The fourth-order valence-corrected chi connectivity index (χ4v) is 3.92. The minimum atomic E-state index is -3.16. The summed E-state index contributed by atoms with van der Waals surface area (Å²) in [6, 6.07) is 7.24. The van der Waals surface area contributed by atoms with Crippen molar-refractivity contribution in [2.45, 2.75) is 55.9 Å². The lowest BCUT2D eigenvalue weighted by Gasteiger charge is -2.22. The Morgan fingerprint density at radius 1 is 1.07 bits per heavy atom. The molecule has 7 nitrogen and oxygen atoms in total. The van der Waals surface area contributed by atoms with Crippen LogP contribution in [0.5, 0.6) is 0 Å². The number of hydrogen-bond acceptors (Lipinski definition) is 4. The molecule has 0 bridgehead atoms. The maximum atomic E-state index is 12.0. The molecule has 0 aliphatic heterocycles. The number of aliphatic imine (C=N–C) groups is 1. The average molecular weight is 536 g/mol. The van der Waals surface area contributed by atoms with Gasteiger partial charge in [-0.05, 0) is 37.0 Å². The summed E-state index contributed by atoms with van der Waals surface area (Å²) < 4.78 is 23.0. The van der Waals surface area contributed by atoms with E-state index < -0.39 is 9.84 Å². The van der Waals surface area contributed by atoms with E-state index in [1.807, 2.05) is 12.1 Å². The standard InChI is InChI=1S/C20H32N4O3S.HI/c1-21-20(23-15-13-19(25)24-17-6-4-3-5-7-17)22-14-12-16-8-10-18(11-9-16)28(2,26)27;/h8-11,17H,3-7,12-15H2,1-2H3,(H,24,25)(H2,21,22,23);1H. The van der Waals surface area contributed by atoms with Gasteiger partial charge in [-0.1, -0.05) is 31.4 Å². The van der Waals surface area contributed by atoms with Gasteiger partial charge in [0, 0.05) is 38.9 Å². The van der Waals surface area contributed by atoms with E-state index in [1.54, 1.807) is 19.2 Å². The smallest absolute Gasteiger partial charge is 0.221 e. The first-order chi connectivity index (χ1) is 13.4. The van der Waals surface area contributed by atoms with E-state index in [0.717, 1.165) is 24.8 Å². The second kappa shape index (κ2) is 13.0. The Bertz CT molecular complexity index is 760. The second-order valence-electron chi connectivity index (χ2n) is 7.24. The van der Waals surface area contributed by atoms with E-state index in [1.165, 1.54) is 25.5 Å². The van der Waals surface area contributed by atoms with Gasteiger partial charge in [0.15, 0.2) is 15.8 Å². The van der Waals surface area contributed by atoms with Crippen molar-refractivity contribution in [2.75, 3.05) is 26.4 Å². The van der Waals surface area contributed by atoms with Crippen molar-refractivity contribution in [1.82, 2.24) is 16.0 Å². The Morgan fingerprint density at radius 3 is 2.28 bits per heavy atom. The van der Waals surface area contributed by atoms with Gasteiger partial charge < -0.3 is 16.0 Å². The highest BCUT2D eigenvalue weighted by Gasteiger charge is 2.15. The average Bonchev–Trinajstić information content (AvgIpc) is 2.67. The molecule has 1 saturated carbocycles. The summed E-state index contributed by atoms with van der Waals surface area (Å²) in [7, 11) is -1.47. The van der Waals surface area contributed by atoms with Crippen LogP contribution in [-0.2, 0) is 21.1 Å². The molecule has 2 rings (SSSR count). The molecule has 1 amide bonds. The Labute approximate surface area is 191 Å². The van der Waals surface area contributed by atoms with Crippen LogP contribution in [0.1, 0.15) is 44.1 Å². The molecule has 0 spiro atoms. The summed E-state index contributed by atoms with van der Waals surface area (Å²) >= 11 is 0. The zero-order valence-corrected chi connectivity index (χ0v) is 20.4. The topological polar surface area (TPSA) is 99.7 Å². The summed E-state index contributed by atoms with van der Waals surface area (Å²) in [5, 5.41) is 9.47. The fraction of sp³-hybridized carbons (Fsp3) is 0.600. The summed E-state index contributed by atoms with van der Waals surface area (Å²) in [5.74, 6) is 0.735. The number of hydrogen-bond donors (Lipinski definition) is 3. The Morgan fingerprint density at radius 2 is 1.69 bits per heavy atom. The van der Waals surface area contributed by atoms with Crippen LogP contribution in [0, 0.1) is 0 Å². The van der Waals surface area contributed by atoms with Gasteiger partial charge in [-0.2, -0.15) is 0 Å². The summed E-state index contributed by atoms with van der Waals surface area (Å²) in [4.78, 5) is 16.5. The van der Waals surface area contributed by atoms with Crippen LogP contribution in [0.3, 0.4) is 0 Å². The van der Waals surface area contributed by atoms with Crippen molar-refractivity contribution >= 4 is 45.7 Å². The summed E-state index contributed by atoms with van der Waals surface area (Å²) in [6.45, 7) is 1.19. The molecule has 1 aliphatic rings. The van der Waals surface area contributed by atoms with E-state index >= 15 is 0 Å². The lowest BCUT2D eigenvalue weighted by Crippen LogP contribution is -2.41. The minimum Gasteiger partial charge on any atom is -0.356 e. The van der Waals surface area contributed by atoms with Crippen molar-refractivity contribution in [1.29, 1.82) is 0 Å². The molecule has 0 aromatic heterocycles. The van der Waals surface area contributed by atoms with Crippen molar-refractivity contribution in [3.8, 4) is 0 Å². The third-order valence-corrected chi connectivity index (χ3v) is 6.02. The highest BCUT2D eigenvalue weighted by atomic mass is 127. The molecule has 1 aliphatic carbocycles. The lowest BCUT2D eigenvalue weighted by atomic mass is 9.95.